The van der Waals surface area contributed by atoms with E-state index in [1.165, 1.54) is 11.8 Å². The van der Waals surface area contributed by atoms with Crippen LogP contribution in [-0.4, -0.2) is 57.7 Å². The van der Waals surface area contributed by atoms with Crippen molar-refractivity contribution in [2.75, 3.05) is 28.4 Å². The minimum Gasteiger partial charge on any atom is -0.449 e. The molecule has 0 aromatic heterocycles. The Morgan fingerprint density at radius 1 is 1.24 bits per heavy atom. The molecule has 29 heavy (non-hydrogen) atoms. The molecule has 0 bridgehead atoms. The number of amides is 3. The molecule has 5 N–H and O–H groups in total. The summed E-state index contributed by atoms with van der Waals surface area (Å²) >= 11 is 7.15. The van der Waals surface area contributed by atoms with Gasteiger partial charge in [0, 0.05) is 11.4 Å². The van der Waals surface area contributed by atoms with E-state index in [4.69, 9.17) is 16.7 Å². The second-order valence-corrected chi connectivity index (χ2v) is 7.75. The zero-order valence-electron chi connectivity index (χ0n) is 14.5. The number of β-lactam (4-membered cyclic amide) rings is 1. The van der Waals surface area contributed by atoms with Crippen molar-refractivity contribution in [2.24, 2.45) is 0 Å². The fraction of sp³-hybridized carbons (Fsp3) is 0.250. The highest BCUT2D eigenvalue weighted by atomic mass is 35.5. The summed E-state index contributed by atoms with van der Waals surface area (Å²) in [4.78, 5) is 48.6. The second-order valence-electron chi connectivity index (χ2n) is 6.18. The summed E-state index contributed by atoms with van der Waals surface area (Å²) in [7, 11) is 0. The zero-order valence-corrected chi connectivity index (χ0v) is 16.1. The zero-order chi connectivity index (χ0) is 20.7. The lowest BCUT2D eigenvalue weighted by Crippen LogP contribution is -2.70. The van der Waals surface area contributed by atoms with Crippen LogP contribution in [0.5, 0.6) is 0 Å². The number of nitrogens with one attached hydrogen (secondary N) is 4. The molecule has 13 heteroatoms. The number of carboxylic acid groups (broad SMARTS) is 1. The van der Waals surface area contributed by atoms with Gasteiger partial charge >= 0.3 is 18.0 Å². The van der Waals surface area contributed by atoms with Gasteiger partial charge in [-0.25, -0.2) is 4.79 Å². The Morgan fingerprint density at radius 3 is 2.76 bits per heavy atom. The molecule has 1 aromatic carbocycles. The minimum absolute atomic E-state index is 0.0734. The van der Waals surface area contributed by atoms with E-state index in [0.717, 1.165) is 16.3 Å². The van der Waals surface area contributed by atoms with Crippen LogP contribution in [0.25, 0.3) is 0 Å². The Balaban J connectivity index is 1.38. The van der Waals surface area contributed by atoms with Crippen LogP contribution < -0.4 is 21.3 Å². The molecule has 1 fully saturated rings. The van der Waals surface area contributed by atoms with Crippen molar-refractivity contribution in [3.05, 3.63) is 29.1 Å². The molecule has 0 aliphatic carbocycles. The van der Waals surface area contributed by atoms with Crippen LogP contribution in [0.15, 0.2) is 29.1 Å². The maximum atomic E-state index is 12.4. The standard InChI is InChI=1S/C16H14ClN5O6S/c17-7-4-29-15-10(13(25)22(15)14(7)28-16(26)27)21-12(24)11(23)20-6-1-2-8-9(3-6)19-5-18-8/h1-3,10,15,18-19H,4-5H2,(H,20,23)(H,21,24)(H,26,27)/t10?,15-/m0/s1. The number of carbonyl (C=O) groups excluding carboxylic acids is 3. The predicted octanol–water partition coefficient (Wildman–Crippen LogP) is 0.922. The van der Waals surface area contributed by atoms with Crippen LogP contribution in [0, 0.1) is 0 Å². The number of halogens is 1. The number of hydrogen-bond donors (Lipinski definition) is 5. The molecule has 1 aromatic rings. The van der Waals surface area contributed by atoms with Gasteiger partial charge in [-0.2, -0.15) is 0 Å². The van der Waals surface area contributed by atoms with Crippen molar-refractivity contribution >= 4 is 64.3 Å². The molecule has 3 amide bonds. The van der Waals surface area contributed by atoms with Gasteiger partial charge in [0.2, 0.25) is 5.88 Å². The minimum atomic E-state index is -1.61. The number of thioether (sulfide) groups is 1. The van der Waals surface area contributed by atoms with Gasteiger partial charge in [-0.1, -0.05) is 11.6 Å². The van der Waals surface area contributed by atoms with E-state index >= 15 is 0 Å². The fourth-order valence-electron chi connectivity index (χ4n) is 3.07. The Bertz CT molecular complexity index is 969. The van der Waals surface area contributed by atoms with Gasteiger partial charge < -0.3 is 31.1 Å². The summed E-state index contributed by atoms with van der Waals surface area (Å²) in [5.41, 5.74) is 2.09. The number of carbonyl (C=O) groups is 4. The molecule has 152 valence electrons. The van der Waals surface area contributed by atoms with E-state index in [-0.39, 0.29) is 16.7 Å². The van der Waals surface area contributed by atoms with Crippen LogP contribution in [0.4, 0.5) is 21.9 Å². The first-order chi connectivity index (χ1) is 13.8. The summed E-state index contributed by atoms with van der Waals surface area (Å²) in [6.07, 6.45) is -1.61. The third-order valence-corrected chi connectivity index (χ3v) is 6.12. The SMILES string of the molecule is O=C(O)OC1=C(Cl)CS[C@H]2C(NC(=O)C(=O)Nc3ccc4c(c3)NCN4)C(=O)N12. The van der Waals surface area contributed by atoms with E-state index in [9.17, 15) is 19.2 Å². The quantitative estimate of drug-likeness (QED) is 0.263. The average molecular weight is 440 g/mol. The van der Waals surface area contributed by atoms with Gasteiger partial charge in [-0.3, -0.25) is 19.3 Å². The smallest absolute Gasteiger partial charge is 0.449 e. The van der Waals surface area contributed by atoms with Crippen molar-refractivity contribution in [3.8, 4) is 0 Å². The maximum Gasteiger partial charge on any atom is 0.512 e. The Labute approximate surface area is 172 Å². The van der Waals surface area contributed by atoms with Gasteiger partial charge in [0.25, 0.3) is 5.91 Å². The summed E-state index contributed by atoms with van der Waals surface area (Å²) in [5.74, 6) is -2.62. The molecule has 2 atom stereocenters. The van der Waals surface area contributed by atoms with Crippen molar-refractivity contribution in [1.82, 2.24) is 10.2 Å². The topological polar surface area (TPSA) is 149 Å². The van der Waals surface area contributed by atoms with E-state index in [2.05, 4.69) is 26.0 Å². The highest BCUT2D eigenvalue weighted by Gasteiger charge is 2.54. The molecule has 0 saturated carbocycles. The average Bonchev–Trinajstić information content (AvgIpc) is 3.14. The third kappa shape index (κ3) is 3.51. The van der Waals surface area contributed by atoms with Crippen LogP contribution in [0.3, 0.4) is 0 Å². The van der Waals surface area contributed by atoms with Crippen LogP contribution in [0.2, 0.25) is 0 Å². The monoisotopic (exact) mass is 439 g/mol. The molecular formula is C16H14ClN5O6S. The second kappa shape index (κ2) is 7.37. The first kappa shape index (κ1) is 19.2. The third-order valence-electron chi connectivity index (χ3n) is 4.39. The van der Waals surface area contributed by atoms with E-state index in [1.54, 1.807) is 18.2 Å². The van der Waals surface area contributed by atoms with E-state index < -0.39 is 35.3 Å². The van der Waals surface area contributed by atoms with Crippen molar-refractivity contribution < 1.29 is 29.0 Å². The number of hydrogen-bond acceptors (Lipinski definition) is 8. The van der Waals surface area contributed by atoms with Crippen molar-refractivity contribution in [2.45, 2.75) is 11.4 Å². The Hall–Kier alpha value is -3.12. The molecule has 0 spiro atoms. The largest absolute Gasteiger partial charge is 0.512 e. The molecular weight excluding hydrogens is 426 g/mol. The van der Waals surface area contributed by atoms with Crippen LogP contribution in [0.1, 0.15) is 0 Å². The molecule has 1 unspecified atom stereocenters. The van der Waals surface area contributed by atoms with Gasteiger partial charge in [0.05, 0.1) is 23.1 Å². The summed E-state index contributed by atoms with van der Waals surface area (Å²) in [6.45, 7) is 0.568. The molecule has 3 aliphatic rings. The molecule has 11 nitrogen and oxygen atoms in total. The van der Waals surface area contributed by atoms with Crippen molar-refractivity contribution in [3.63, 3.8) is 0 Å². The lowest BCUT2D eigenvalue weighted by molar-refractivity contribution is -0.150. The van der Waals surface area contributed by atoms with E-state index in [1.807, 2.05) is 0 Å². The van der Waals surface area contributed by atoms with Gasteiger partial charge in [-0.05, 0) is 18.2 Å². The number of anilines is 3. The Morgan fingerprint density at radius 2 is 2.00 bits per heavy atom. The van der Waals surface area contributed by atoms with Gasteiger partial charge in [-0.15, -0.1) is 11.8 Å². The summed E-state index contributed by atoms with van der Waals surface area (Å²) < 4.78 is 4.58. The number of nitrogens with zero attached hydrogens (tertiary/aromatic N) is 1. The first-order valence-corrected chi connectivity index (χ1v) is 9.75. The molecule has 3 aliphatic heterocycles. The lowest BCUT2D eigenvalue weighted by Gasteiger charge is -2.48. The molecule has 3 heterocycles. The number of rotatable bonds is 3. The highest BCUT2D eigenvalue weighted by molar-refractivity contribution is 8.00. The van der Waals surface area contributed by atoms with Crippen LogP contribution in [-0.2, 0) is 19.1 Å². The molecule has 0 radical (unpaired) electrons. The summed E-state index contributed by atoms with van der Waals surface area (Å²) in [6, 6.07) is 4.08. The first-order valence-electron chi connectivity index (χ1n) is 8.33. The normalized spacial score (nSPS) is 21.8. The number of ether oxygens (including phenoxy) is 1. The van der Waals surface area contributed by atoms with Crippen molar-refractivity contribution in [1.29, 1.82) is 0 Å². The maximum absolute atomic E-state index is 12.4. The Kier molecular flexibility index (Phi) is 4.88. The fourth-order valence-corrected chi connectivity index (χ4v) is 4.56. The molecule has 1 saturated heterocycles. The van der Waals surface area contributed by atoms with Gasteiger partial charge in [0.15, 0.2) is 0 Å². The number of fused-ring (bicyclic) bond motifs is 2. The number of benzene rings is 1. The van der Waals surface area contributed by atoms with Crippen LogP contribution >= 0.6 is 23.4 Å². The summed E-state index contributed by atoms with van der Waals surface area (Å²) in [5, 5.41) is 19.2. The predicted molar refractivity (Wildman–Crippen MR) is 104 cm³/mol. The highest BCUT2D eigenvalue weighted by Crippen LogP contribution is 2.41. The lowest BCUT2D eigenvalue weighted by atomic mass is 10.1. The van der Waals surface area contributed by atoms with E-state index in [0.29, 0.717) is 12.4 Å². The molecule has 4 rings (SSSR count). The van der Waals surface area contributed by atoms with Gasteiger partial charge in [0.1, 0.15) is 11.4 Å².